The third-order valence-electron chi connectivity index (χ3n) is 4.38. The summed E-state index contributed by atoms with van der Waals surface area (Å²) >= 11 is 0. The highest BCUT2D eigenvalue weighted by molar-refractivity contribution is 4.93. The van der Waals surface area contributed by atoms with Crippen molar-refractivity contribution in [2.45, 2.75) is 57.7 Å². The molecule has 0 radical (unpaired) electrons. The molecule has 124 valence electrons. The second-order valence-corrected chi connectivity index (χ2v) is 7.22. The van der Waals surface area contributed by atoms with Gasteiger partial charge in [-0.25, -0.2) is 0 Å². The topological polar surface area (TPSA) is 87.9 Å². The molecule has 0 bridgehead atoms. The predicted octanol–water partition coefficient (Wildman–Crippen LogP) is 0.841. The first-order valence-electron chi connectivity index (χ1n) is 7.42. The summed E-state index contributed by atoms with van der Waals surface area (Å²) in [5.74, 6) is 0. The van der Waals surface area contributed by atoms with Gasteiger partial charge in [-0.15, -0.1) is 0 Å². The molecule has 1 saturated heterocycles. The van der Waals surface area contributed by atoms with E-state index in [1.54, 1.807) is 0 Å². The summed E-state index contributed by atoms with van der Waals surface area (Å²) in [6, 6.07) is 0. The van der Waals surface area contributed by atoms with Gasteiger partial charge in [-0.3, -0.25) is 15.0 Å². The summed E-state index contributed by atoms with van der Waals surface area (Å²) in [5, 5.41) is 24.1. The number of ether oxygens (including phenoxy) is 1. The van der Waals surface area contributed by atoms with Crippen LogP contribution in [0, 0.1) is 10.1 Å². The van der Waals surface area contributed by atoms with Gasteiger partial charge in [-0.1, -0.05) is 6.92 Å². The van der Waals surface area contributed by atoms with Crippen LogP contribution < -0.4 is 5.32 Å². The van der Waals surface area contributed by atoms with E-state index in [4.69, 9.17) is 4.74 Å². The van der Waals surface area contributed by atoms with Gasteiger partial charge in [0.05, 0.1) is 33.0 Å². The highest BCUT2D eigenvalue weighted by Gasteiger charge is 2.47. The third-order valence-corrected chi connectivity index (χ3v) is 4.38. The summed E-state index contributed by atoms with van der Waals surface area (Å²) in [5.41, 5.74) is -1.81. The van der Waals surface area contributed by atoms with Crippen molar-refractivity contribution in [2.24, 2.45) is 0 Å². The number of nitro groups is 1. The number of hydrogen-bond donors (Lipinski definition) is 2. The van der Waals surface area contributed by atoms with E-state index in [1.165, 1.54) is 0 Å². The monoisotopic (exact) mass is 303 g/mol. The van der Waals surface area contributed by atoms with E-state index in [1.807, 2.05) is 39.5 Å². The fourth-order valence-electron chi connectivity index (χ4n) is 2.29. The van der Waals surface area contributed by atoms with Crippen molar-refractivity contribution in [1.82, 2.24) is 10.2 Å². The second kappa shape index (κ2) is 6.56. The molecule has 0 aliphatic carbocycles. The molecule has 1 rings (SSSR count). The lowest BCUT2D eigenvalue weighted by Gasteiger charge is -2.36. The smallest absolute Gasteiger partial charge is 0.246 e. The molecule has 0 aromatic rings. The van der Waals surface area contributed by atoms with Gasteiger partial charge in [0.2, 0.25) is 5.54 Å². The Morgan fingerprint density at radius 3 is 2.48 bits per heavy atom. The molecule has 1 aliphatic heterocycles. The first-order chi connectivity index (χ1) is 9.58. The van der Waals surface area contributed by atoms with Gasteiger partial charge in [0.25, 0.3) is 0 Å². The molecule has 1 heterocycles. The van der Waals surface area contributed by atoms with E-state index < -0.39 is 11.1 Å². The molecule has 0 aromatic carbocycles. The second-order valence-electron chi connectivity index (χ2n) is 7.22. The van der Waals surface area contributed by atoms with Crippen molar-refractivity contribution in [3.05, 3.63) is 10.1 Å². The molecule has 7 nitrogen and oxygen atoms in total. The van der Waals surface area contributed by atoms with Crippen LogP contribution in [0.3, 0.4) is 0 Å². The highest BCUT2D eigenvalue weighted by Crippen LogP contribution is 2.26. The van der Waals surface area contributed by atoms with Crippen molar-refractivity contribution in [1.29, 1.82) is 0 Å². The predicted molar refractivity (Wildman–Crippen MR) is 80.8 cm³/mol. The Morgan fingerprint density at radius 1 is 1.48 bits per heavy atom. The Kier molecular flexibility index (Phi) is 5.71. The Balaban J connectivity index is 2.86. The zero-order valence-corrected chi connectivity index (χ0v) is 13.8. The lowest BCUT2D eigenvalue weighted by Crippen LogP contribution is -2.60. The quantitative estimate of drug-likeness (QED) is 0.510. The minimum atomic E-state index is -1.09. The summed E-state index contributed by atoms with van der Waals surface area (Å²) in [7, 11) is 0. The van der Waals surface area contributed by atoms with Gasteiger partial charge in [-0.2, -0.15) is 0 Å². The van der Waals surface area contributed by atoms with E-state index in [-0.39, 0.29) is 23.6 Å². The van der Waals surface area contributed by atoms with E-state index in [0.717, 1.165) is 0 Å². The molecule has 0 spiro atoms. The van der Waals surface area contributed by atoms with Crippen LogP contribution in [0.5, 0.6) is 0 Å². The maximum atomic E-state index is 11.7. The Bertz CT molecular complexity index is 373. The first-order valence-corrected chi connectivity index (χ1v) is 7.42. The third kappa shape index (κ3) is 4.35. The lowest BCUT2D eigenvalue weighted by atomic mass is 9.92. The van der Waals surface area contributed by atoms with Gasteiger partial charge >= 0.3 is 0 Å². The molecule has 1 atom stereocenters. The summed E-state index contributed by atoms with van der Waals surface area (Å²) < 4.78 is 5.45. The molecular formula is C14H29N3O4. The number of rotatable bonds is 8. The van der Waals surface area contributed by atoms with Gasteiger partial charge in [0.15, 0.2) is 0 Å². The van der Waals surface area contributed by atoms with Crippen LogP contribution in [0.15, 0.2) is 0 Å². The molecule has 21 heavy (non-hydrogen) atoms. The molecular weight excluding hydrogens is 274 g/mol. The molecule has 0 aromatic heterocycles. The van der Waals surface area contributed by atoms with Crippen molar-refractivity contribution in [3.63, 3.8) is 0 Å². The van der Waals surface area contributed by atoms with Crippen molar-refractivity contribution < 1.29 is 14.8 Å². The maximum absolute atomic E-state index is 11.7. The molecule has 1 aliphatic rings. The van der Waals surface area contributed by atoms with Crippen LogP contribution in [0.25, 0.3) is 0 Å². The largest absolute Gasteiger partial charge is 0.394 e. The molecule has 1 fully saturated rings. The van der Waals surface area contributed by atoms with Gasteiger partial charge in [0, 0.05) is 22.4 Å². The normalized spacial score (nSPS) is 22.2. The first kappa shape index (κ1) is 18.3. The maximum Gasteiger partial charge on any atom is 0.246 e. The molecule has 7 heteroatoms. The van der Waals surface area contributed by atoms with Crippen LogP contribution in [0.1, 0.15) is 41.0 Å². The molecule has 1 unspecified atom stereocenters. The average Bonchev–Trinajstić information content (AvgIpc) is 2.73. The molecule has 0 saturated carbocycles. The molecule has 0 amide bonds. The minimum absolute atomic E-state index is 0.0666. The SMILES string of the molecule is CCC(CNC(C)(C)CO)(CN1COCC1(C)C)[N+](=O)[O-]. The van der Waals surface area contributed by atoms with Crippen molar-refractivity contribution in [2.75, 3.05) is 33.0 Å². The van der Waals surface area contributed by atoms with E-state index in [0.29, 0.717) is 26.3 Å². The van der Waals surface area contributed by atoms with E-state index in [2.05, 4.69) is 5.32 Å². The number of hydrogen-bond acceptors (Lipinski definition) is 6. The van der Waals surface area contributed by atoms with Crippen LogP contribution in [0.2, 0.25) is 0 Å². The lowest BCUT2D eigenvalue weighted by molar-refractivity contribution is -0.570. The van der Waals surface area contributed by atoms with Gasteiger partial charge in [-0.05, 0) is 27.7 Å². The zero-order valence-electron chi connectivity index (χ0n) is 13.8. The Morgan fingerprint density at radius 2 is 2.10 bits per heavy atom. The number of aliphatic hydroxyl groups is 1. The van der Waals surface area contributed by atoms with Crippen LogP contribution in [-0.2, 0) is 4.74 Å². The number of nitrogens with zero attached hydrogens (tertiary/aromatic N) is 2. The zero-order chi connectivity index (χ0) is 16.3. The van der Waals surface area contributed by atoms with Crippen LogP contribution in [-0.4, -0.2) is 64.6 Å². The number of aliphatic hydroxyl groups excluding tert-OH is 1. The molecule has 2 N–H and O–H groups in total. The fraction of sp³-hybridized carbons (Fsp3) is 1.00. The Hall–Kier alpha value is -0.760. The van der Waals surface area contributed by atoms with Crippen LogP contribution >= 0.6 is 0 Å². The summed E-state index contributed by atoms with van der Waals surface area (Å²) in [6.07, 6.45) is 0.418. The highest BCUT2D eigenvalue weighted by atomic mass is 16.6. The van der Waals surface area contributed by atoms with Crippen molar-refractivity contribution in [3.8, 4) is 0 Å². The van der Waals surface area contributed by atoms with Gasteiger partial charge < -0.3 is 15.2 Å². The van der Waals surface area contributed by atoms with Crippen molar-refractivity contribution >= 4 is 0 Å². The average molecular weight is 303 g/mol. The van der Waals surface area contributed by atoms with Gasteiger partial charge in [0.1, 0.15) is 0 Å². The summed E-state index contributed by atoms with van der Waals surface area (Å²) in [6.45, 7) is 11.0. The van der Waals surface area contributed by atoms with E-state index in [9.17, 15) is 15.2 Å². The summed E-state index contributed by atoms with van der Waals surface area (Å²) in [4.78, 5) is 13.5. The minimum Gasteiger partial charge on any atom is -0.394 e. The standard InChI is InChI=1S/C14H29N3O4/c1-6-14(17(19)20,7-15-12(2,3)9-18)8-16-11-21-10-13(16,4)5/h15,18H,6-11H2,1-5H3. The fourth-order valence-corrected chi connectivity index (χ4v) is 2.29. The number of nitrogens with one attached hydrogen (secondary N) is 1. The van der Waals surface area contributed by atoms with E-state index >= 15 is 0 Å². The van der Waals surface area contributed by atoms with Crippen LogP contribution in [0.4, 0.5) is 0 Å². The Labute approximate surface area is 126 Å².